The Morgan fingerprint density at radius 2 is 1.03 bits per heavy atom. The van der Waals surface area contributed by atoms with E-state index in [9.17, 15) is 0 Å². The van der Waals surface area contributed by atoms with Crippen LogP contribution in [0.2, 0.25) is 0 Å². The fraction of sp³-hybridized carbons (Fsp3) is 0.0172. The van der Waals surface area contributed by atoms with Gasteiger partial charge in [0, 0.05) is 29.1 Å². The fourth-order valence-corrected chi connectivity index (χ4v) is 10.5. The highest BCUT2D eigenvalue weighted by atomic mass is 14.9. The third-order valence-corrected chi connectivity index (χ3v) is 13.1. The fourth-order valence-electron chi connectivity index (χ4n) is 10.5. The van der Waals surface area contributed by atoms with E-state index >= 15 is 0 Å². The average Bonchev–Trinajstić information content (AvgIpc) is 3.54. The van der Waals surface area contributed by atoms with E-state index in [1.807, 2.05) is 18.3 Å². The molecule has 1 spiro atoms. The van der Waals surface area contributed by atoms with Gasteiger partial charge in [-0.1, -0.05) is 176 Å². The van der Waals surface area contributed by atoms with Gasteiger partial charge in [-0.05, 0) is 112 Å². The van der Waals surface area contributed by atoms with Crippen molar-refractivity contribution in [3.63, 3.8) is 0 Å². The van der Waals surface area contributed by atoms with Crippen LogP contribution in [0.3, 0.4) is 0 Å². The van der Waals surface area contributed by atoms with Crippen molar-refractivity contribution in [2.45, 2.75) is 5.41 Å². The first kappa shape index (κ1) is 33.9. The molecule has 11 aromatic rings. The molecule has 0 radical (unpaired) electrons. The SMILES string of the molecule is C1=Cc2ccc(-c3nc(-c4ccccc4)cc(-c4ccc(-c5cccnc5)cc4)n3)cc2C2(c3ccccc31)c1ccccc1-c1c2cc2ccc3cccc4ccc1c2c34. The molecule has 0 aliphatic heterocycles. The summed E-state index contributed by atoms with van der Waals surface area (Å²) in [6.07, 6.45) is 8.31. The number of hydrogen-bond donors (Lipinski definition) is 0. The second kappa shape index (κ2) is 13.0. The molecule has 0 amide bonds. The maximum Gasteiger partial charge on any atom is 0.160 e. The van der Waals surface area contributed by atoms with E-state index in [-0.39, 0.29) is 0 Å². The van der Waals surface area contributed by atoms with Gasteiger partial charge in [0.05, 0.1) is 16.8 Å². The first-order chi connectivity index (χ1) is 30.2. The zero-order chi connectivity index (χ0) is 40.1. The normalized spacial score (nSPS) is 14.9. The van der Waals surface area contributed by atoms with Crippen molar-refractivity contribution in [1.82, 2.24) is 15.0 Å². The van der Waals surface area contributed by atoms with E-state index in [2.05, 4.69) is 193 Å². The number of rotatable bonds is 4. The lowest BCUT2D eigenvalue weighted by atomic mass is 9.65. The number of pyridine rings is 1. The lowest BCUT2D eigenvalue weighted by molar-refractivity contribution is 0.768. The third kappa shape index (κ3) is 4.95. The van der Waals surface area contributed by atoms with E-state index in [4.69, 9.17) is 9.97 Å². The second-order valence-corrected chi connectivity index (χ2v) is 16.3. The van der Waals surface area contributed by atoms with Crippen molar-refractivity contribution in [3.05, 3.63) is 234 Å². The average molecular weight is 774 g/mol. The summed E-state index contributed by atoms with van der Waals surface area (Å²) in [5, 5.41) is 7.78. The summed E-state index contributed by atoms with van der Waals surface area (Å²) in [7, 11) is 0. The molecule has 0 bridgehead atoms. The van der Waals surface area contributed by atoms with Crippen LogP contribution in [-0.2, 0) is 5.41 Å². The molecule has 0 saturated carbocycles. The number of fused-ring (bicyclic) bond motifs is 10. The summed E-state index contributed by atoms with van der Waals surface area (Å²) in [6, 6.07) is 68.6. The van der Waals surface area contributed by atoms with Crippen LogP contribution in [0.4, 0.5) is 0 Å². The Bertz CT molecular complexity index is 3560. The van der Waals surface area contributed by atoms with Crippen LogP contribution in [0.5, 0.6) is 0 Å². The van der Waals surface area contributed by atoms with Crippen molar-refractivity contribution in [3.8, 4) is 56.2 Å². The molecule has 0 saturated heterocycles. The molecule has 1 unspecified atom stereocenters. The van der Waals surface area contributed by atoms with E-state index in [0.717, 1.165) is 39.2 Å². The molecule has 2 aliphatic carbocycles. The molecule has 3 heteroatoms. The summed E-state index contributed by atoms with van der Waals surface area (Å²) in [5.74, 6) is 0.689. The molecule has 282 valence electrons. The van der Waals surface area contributed by atoms with Crippen LogP contribution in [0.25, 0.3) is 101 Å². The lowest BCUT2D eigenvalue weighted by Crippen LogP contribution is -2.30. The molecule has 61 heavy (non-hydrogen) atoms. The van der Waals surface area contributed by atoms with Gasteiger partial charge in [0.2, 0.25) is 0 Å². The van der Waals surface area contributed by atoms with Crippen LogP contribution >= 0.6 is 0 Å². The molecule has 2 aliphatic rings. The van der Waals surface area contributed by atoms with Gasteiger partial charge in [-0.25, -0.2) is 9.97 Å². The molecule has 0 N–H and O–H groups in total. The van der Waals surface area contributed by atoms with Gasteiger partial charge in [-0.2, -0.15) is 0 Å². The topological polar surface area (TPSA) is 38.7 Å². The second-order valence-electron chi connectivity index (χ2n) is 16.3. The number of hydrogen-bond acceptors (Lipinski definition) is 3. The van der Waals surface area contributed by atoms with Crippen molar-refractivity contribution in [1.29, 1.82) is 0 Å². The van der Waals surface area contributed by atoms with Gasteiger partial charge in [-0.15, -0.1) is 0 Å². The molecular formula is C58H35N3. The zero-order valence-corrected chi connectivity index (χ0v) is 33.0. The van der Waals surface area contributed by atoms with Crippen molar-refractivity contribution in [2.24, 2.45) is 0 Å². The molecule has 0 fully saturated rings. The van der Waals surface area contributed by atoms with Gasteiger partial charge >= 0.3 is 0 Å². The Morgan fingerprint density at radius 3 is 1.84 bits per heavy atom. The molecular weight excluding hydrogens is 739 g/mol. The van der Waals surface area contributed by atoms with Gasteiger partial charge < -0.3 is 0 Å². The van der Waals surface area contributed by atoms with Gasteiger partial charge in [0.15, 0.2) is 5.82 Å². The van der Waals surface area contributed by atoms with Crippen LogP contribution in [0, 0.1) is 0 Å². The number of nitrogens with zero attached hydrogens (tertiary/aromatic N) is 3. The summed E-state index contributed by atoms with van der Waals surface area (Å²) in [4.78, 5) is 15.1. The smallest absolute Gasteiger partial charge is 0.160 e. The maximum atomic E-state index is 5.38. The van der Waals surface area contributed by atoms with E-state index in [1.54, 1.807) is 6.20 Å². The Kier molecular flexibility index (Phi) is 7.22. The van der Waals surface area contributed by atoms with E-state index < -0.39 is 5.41 Å². The van der Waals surface area contributed by atoms with Gasteiger partial charge in [0.1, 0.15) is 0 Å². The Hall–Kier alpha value is -8.01. The summed E-state index contributed by atoms with van der Waals surface area (Å²) in [6.45, 7) is 0. The van der Waals surface area contributed by atoms with Crippen LogP contribution in [0.1, 0.15) is 33.4 Å². The molecule has 3 nitrogen and oxygen atoms in total. The zero-order valence-electron chi connectivity index (χ0n) is 33.0. The molecule has 2 aromatic heterocycles. The minimum Gasteiger partial charge on any atom is -0.264 e. The predicted molar refractivity (Wildman–Crippen MR) is 252 cm³/mol. The minimum absolute atomic E-state index is 0.621. The first-order valence-electron chi connectivity index (χ1n) is 20.9. The maximum absolute atomic E-state index is 5.38. The number of benzene rings is 9. The lowest BCUT2D eigenvalue weighted by Gasteiger charge is -2.36. The third-order valence-electron chi connectivity index (χ3n) is 13.1. The summed E-state index contributed by atoms with van der Waals surface area (Å²) >= 11 is 0. The van der Waals surface area contributed by atoms with Crippen molar-refractivity contribution >= 4 is 44.5 Å². The quantitative estimate of drug-likeness (QED) is 0.167. The van der Waals surface area contributed by atoms with Crippen molar-refractivity contribution in [2.75, 3.05) is 0 Å². The van der Waals surface area contributed by atoms with Gasteiger partial charge in [-0.3, -0.25) is 4.98 Å². The Morgan fingerprint density at radius 1 is 0.377 bits per heavy atom. The molecule has 13 rings (SSSR count). The van der Waals surface area contributed by atoms with E-state index in [1.165, 1.54) is 76.8 Å². The van der Waals surface area contributed by atoms with Crippen LogP contribution in [-0.4, -0.2) is 15.0 Å². The highest BCUT2D eigenvalue weighted by molar-refractivity contribution is 6.27. The van der Waals surface area contributed by atoms with Crippen molar-refractivity contribution < 1.29 is 0 Å². The summed E-state index contributed by atoms with van der Waals surface area (Å²) < 4.78 is 0. The predicted octanol–water partition coefficient (Wildman–Crippen LogP) is 14.3. The largest absolute Gasteiger partial charge is 0.264 e. The van der Waals surface area contributed by atoms with Crippen LogP contribution < -0.4 is 0 Å². The highest BCUT2D eigenvalue weighted by Gasteiger charge is 2.49. The molecule has 2 heterocycles. The van der Waals surface area contributed by atoms with E-state index in [0.29, 0.717) is 5.82 Å². The molecule has 1 atom stereocenters. The Balaban J connectivity index is 1.08. The van der Waals surface area contributed by atoms with Crippen LogP contribution in [0.15, 0.2) is 200 Å². The summed E-state index contributed by atoms with van der Waals surface area (Å²) in [5.41, 5.74) is 16.5. The minimum atomic E-state index is -0.621. The number of aromatic nitrogens is 3. The monoisotopic (exact) mass is 773 g/mol. The Labute approximate surface area is 353 Å². The molecule has 9 aromatic carbocycles. The highest BCUT2D eigenvalue weighted by Crippen LogP contribution is 2.61. The first-order valence-corrected chi connectivity index (χ1v) is 20.9. The standard InChI is InChI=1S/C58H35N3/c1-2-11-39(12-3-1)52-34-53(40-24-19-36(20-25-40)45-15-9-31-59-35-45)61-57(60-52)44-28-23-38-22-21-37-10-4-6-17-48(37)58(50(38)33-44)49-18-7-5-16-46(49)56-47-30-29-42-14-8-13-41-26-27-43(32-51(56)58)55(47)54(41)42/h1-35H. The van der Waals surface area contributed by atoms with Gasteiger partial charge in [0.25, 0.3) is 0 Å².